The van der Waals surface area contributed by atoms with Crippen molar-refractivity contribution in [3.63, 3.8) is 0 Å². The third-order valence-corrected chi connectivity index (χ3v) is 3.29. The van der Waals surface area contributed by atoms with E-state index < -0.39 is 0 Å². The summed E-state index contributed by atoms with van der Waals surface area (Å²) in [6.07, 6.45) is 1.93. The second-order valence-corrected chi connectivity index (χ2v) is 5.26. The molecular weight excluding hydrogens is 266 g/mol. The van der Waals surface area contributed by atoms with Crippen LogP contribution in [-0.2, 0) is 7.05 Å². The van der Waals surface area contributed by atoms with Gasteiger partial charge in [0.25, 0.3) is 5.56 Å². The molecule has 0 fully saturated rings. The molecule has 0 aliphatic heterocycles. The molecule has 1 heterocycles. The maximum atomic E-state index is 12.0. The van der Waals surface area contributed by atoms with Gasteiger partial charge in [0.2, 0.25) is 0 Å². The van der Waals surface area contributed by atoms with Crippen LogP contribution in [0.3, 0.4) is 0 Å². The summed E-state index contributed by atoms with van der Waals surface area (Å²) in [6, 6.07) is 5.88. The van der Waals surface area contributed by atoms with Crippen molar-refractivity contribution < 1.29 is 0 Å². The number of halogens is 1. The molecule has 0 amide bonds. The number of fused-ring (bicyclic) bond motifs is 1. The van der Waals surface area contributed by atoms with E-state index in [-0.39, 0.29) is 5.56 Å². The molecule has 84 valence electrons. The Bertz CT molecular complexity index is 599. The normalized spacial score (nSPS) is 11.3. The Kier molecular flexibility index (Phi) is 2.89. The Morgan fingerprint density at radius 1 is 1.25 bits per heavy atom. The highest BCUT2D eigenvalue weighted by Gasteiger charge is 2.09. The highest BCUT2D eigenvalue weighted by Crippen LogP contribution is 2.25. The quantitative estimate of drug-likeness (QED) is 0.784. The Hall–Kier alpha value is -1.09. The number of benzene rings is 1. The molecule has 0 atom stereocenters. The smallest absolute Gasteiger partial charge is 0.258 e. The van der Waals surface area contributed by atoms with Crippen molar-refractivity contribution >= 4 is 26.7 Å². The first-order chi connectivity index (χ1) is 7.50. The molecule has 16 heavy (non-hydrogen) atoms. The second kappa shape index (κ2) is 4.06. The van der Waals surface area contributed by atoms with E-state index in [4.69, 9.17) is 0 Å². The molecule has 2 aromatic rings. The van der Waals surface area contributed by atoms with Crippen molar-refractivity contribution in [3.05, 3.63) is 44.8 Å². The molecule has 0 saturated carbocycles. The van der Waals surface area contributed by atoms with Crippen LogP contribution < -0.4 is 5.56 Å². The molecule has 1 aromatic heterocycles. The minimum absolute atomic E-state index is 0.0562. The van der Waals surface area contributed by atoms with Crippen molar-refractivity contribution in [2.45, 2.75) is 19.8 Å². The predicted molar refractivity (Wildman–Crippen MR) is 71.0 cm³/mol. The molecule has 2 nitrogen and oxygen atoms in total. The molecule has 0 unspecified atom stereocenters. The molecular formula is C13H14BrNO. The third-order valence-electron chi connectivity index (χ3n) is 2.80. The van der Waals surface area contributed by atoms with Crippen LogP contribution in [0.5, 0.6) is 0 Å². The van der Waals surface area contributed by atoms with E-state index in [1.807, 2.05) is 24.4 Å². The topological polar surface area (TPSA) is 22.0 Å². The number of aryl methyl sites for hydroxylation is 1. The Morgan fingerprint density at radius 3 is 2.56 bits per heavy atom. The minimum atomic E-state index is 0.0562. The SMILES string of the molecule is CC(C)c1cn(C)c(=O)c2cc(Br)ccc12. The number of rotatable bonds is 1. The van der Waals surface area contributed by atoms with Gasteiger partial charge in [-0.15, -0.1) is 0 Å². The zero-order valence-corrected chi connectivity index (χ0v) is 11.2. The molecule has 2 rings (SSSR count). The maximum absolute atomic E-state index is 12.0. The first-order valence-corrected chi connectivity index (χ1v) is 6.09. The summed E-state index contributed by atoms with van der Waals surface area (Å²) in [5.41, 5.74) is 1.27. The van der Waals surface area contributed by atoms with Crippen molar-refractivity contribution in [2.75, 3.05) is 0 Å². The number of hydrogen-bond acceptors (Lipinski definition) is 1. The van der Waals surface area contributed by atoms with Crippen LogP contribution in [0, 0.1) is 0 Å². The number of hydrogen-bond donors (Lipinski definition) is 0. The van der Waals surface area contributed by atoms with Gasteiger partial charge in [0.15, 0.2) is 0 Å². The summed E-state index contributed by atoms with van der Waals surface area (Å²) in [5.74, 6) is 0.412. The fourth-order valence-corrected chi connectivity index (χ4v) is 2.29. The predicted octanol–water partition coefficient (Wildman–Crippen LogP) is 3.42. The van der Waals surface area contributed by atoms with Crippen molar-refractivity contribution in [1.82, 2.24) is 4.57 Å². The van der Waals surface area contributed by atoms with Crippen LogP contribution in [0.2, 0.25) is 0 Å². The Labute approximate surface area is 103 Å². The zero-order valence-electron chi connectivity index (χ0n) is 9.62. The van der Waals surface area contributed by atoms with Gasteiger partial charge in [-0.3, -0.25) is 4.79 Å². The number of pyridine rings is 1. The van der Waals surface area contributed by atoms with E-state index in [2.05, 4.69) is 29.8 Å². The van der Waals surface area contributed by atoms with Gasteiger partial charge in [-0.2, -0.15) is 0 Å². The molecule has 0 radical (unpaired) electrons. The molecule has 1 aromatic carbocycles. The average Bonchev–Trinajstić information content (AvgIpc) is 2.23. The molecule has 0 spiro atoms. The van der Waals surface area contributed by atoms with Crippen LogP contribution in [0.4, 0.5) is 0 Å². The van der Waals surface area contributed by atoms with Gasteiger partial charge in [0.1, 0.15) is 0 Å². The number of aromatic nitrogens is 1. The van der Waals surface area contributed by atoms with Crippen LogP contribution in [-0.4, -0.2) is 4.57 Å². The zero-order chi connectivity index (χ0) is 11.9. The first-order valence-electron chi connectivity index (χ1n) is 5.29. The summed E-state index contributed by atoms with van der Waals surface area (Å²) < 4.78 is 2.60. The van der Waals surface area contributed by atoms with E-state index in [0.717, 1.165) is 15.2 Å². The van der Waals surface area contributed by atoms with E-state index in [9.17, 15) is 4.79 Å². The van der Waals surface area contributed by atoms with Crippen LogP contribution in [0.15, 0.2) is 33.7 Å². The lowest BCUT2D eigenvalue weighted by molar-refractivity contribution is 0.809. The summed E-state index contributed by atoms with van der Waals surface area (Å²) >= 11 is 3.40. The van der Waals surface area contributed by atoms with Gasteiger partial charge in [0.05, 0.1) is 0 Å². The van der Waals surface area contributed by atoms with Crippen molar-refractivity contribution in [1.29, 1.82) is 0 Å². The lowest BCUT2D eigenvalue weighted by Crippen LogP contribution is -2.17. The van der Waals surface area contributed by atoms with Gasteiger partial charge in [-0.05, 0) is 29.0 Å². The molecule has 0 saturated heterocycles. The van der Waals surface area contributed by atoms with Gasteiger partial charge < -0.3 is 4.57 Å². The summed E-state index contributed by atoms with van der Waals surface area (Å²) in [4.78, 5) is 12.0. The summed E-state index contributed by atoms with van der Waals surface area (Å²) in [6.45, 7) is 4.28. The van der Waals surface area contributed by atoms with Gasteiger partial charge in [-0.25, -0.2) is 0 Å². The highest BCUT2D eigenvalue weighted by molar-refractivity contribution is 9.10. The minimum Gasteiger partial charge on any atom is -0.318 e. The standard InChI is InChI=1S/C13H14BrNO/c1-8(2)12-7-15(3)13(16)11-6-9(14)4-5-10(11)12/h4-8H,1-3H3. The van der Waals surface area contributed by atoms with E-state index in [1.54, 1.807) is 11.6 Å². The second-order valence-electron chi connectivity index (χ2n) is 4.35. The summed E-state index contributed by atoms with van der Waals surface area (Å²) in [7, 11) is 1.80. The van der Waals surface area contributed by atoms with Crippen molar-refractivity contribution in [3.8, 4) is 0 Å². The van der Waals surface area contributed by atoms with Gasteiger partial charge in [0, 0.05) is 23.1 Å². The molecule has 0 bridgehead atoms. The highest BCUT2D eigenvalue weighted by atomic mass is 79.9. The van der Waals surface area contributed by atoms with E-state index in [0.29, 0.717) is 5.92 Å². The van der Waals surface area contributed by atoms with E-state index >= 15 is 0 Å². The lowest BCUT2D eigenvalue weighted by Gasteiger charge is -2.12. The van der Waals surface area contributed by atoms with Gasteiger partial charge >= 0.3 is 0 Å². The fraction of sp³-hybridized carbons (Fsp3) is 0.308. The van der Waals surface area contributed by atoms with Crippen LogP contribution in [0.25, 0.3) is 10.8 Å². The Balaban J connectivity index is 2.95. The van der Waals surface area contributed by atoms with Crippen molar-refractivity contribution in [2.24, 2.45) is 7.05 Å². The van der Waals surface area contributed by atoms with Crippen LogP contribution in [0.1, 0.15) is 25.3 Å². The maximum Gasteiger partial charge on any atom is 0.258 e. The molecule has 0 aliphatic carbocycles. The Morgan fingerprint density at radius 2 is 1.94 bits per heavy atom. The van der Waals surface area contributed by atoms with E-state index in [1.165, 1.54) is 5.56 Å². The summed E-state index contributed by atoms with van der Waals surface area (Å²) in [5, 5.41) is 1.84. The largest absolute Gasteiger partial charge is 0.318 e. The molecule has 0 aliphatic rings. The third kappa shape index (κ3) is 1.80. The van der Waals surface area contributed by atoms with Crippen LogP contribution >= 0.6 is 15.9 Å². The average molecular weight is 280 g/mol. The van der Waals surface area contributed by atoms with Gasteiger partial charge in [-0.1, -0.05) is 35.8 Å². The number of nitrogens with zero attached hydrogens (tertiary/aromatic N) is 1. The molecule has 0 N–H and O–H groups in total. The monoisotopic (exact) mass is 279 g/mol. The first kappa shape index (κ1) is 11.4. The lowest BCUT2D eigenvalue weighted by atomic mass is 9.98. The fourth-order valence-electron chi connectivity index (χ4n) is 1.93. The molecule has 3 heteroatoms.